The van der Waals surface area contributed by atoms with Crippen molar-refractivity contribution in [2.24, 2.45) is 5.92 Å². The van der Waals surface area contributed by atoms with Crippen LogP contribution in [0.3, 0.4) is 0 Å². The Kier molecular flexibility index (Phi) is 6.02. The smallest absolute Gasteiger partial charge is 0.311 e. The second-order valence-electron chi connectivity index (χ2n) is 8.53. The zero-order valence-electron chi connectivity index (χ0n) is 18.6. The van der Waals surface area contributed by atoms with Crippen LogP contribution in [0.4, 0.5) is 17.1 Å². The lowest BCUT2D eigenvalue weighted by Crippen LogP contribution is -2.29. The molecule has 0 radical (unpaired) electrons. The van der Waals surface area contributed by atoms with E-state index in [0.29, 0.717) is 5.69 Å². The Hall–Kier alpha value is -3.37. The molecule has 1 aliphatic carbocycles. The number of halogens is 1. The molecular weight excluding hydrogens is 534 g/mol. The topological polar surface area (TPSA) is 111 Å². The summed E-state index contributed by atoms with van der Waals surface area (Å²) in [6.07, 6.45) is 4.94. The zero-order chi connectivity index (χ0) is 24.7. The summed E-state index contributed by atoms with van der Waals surface area (Å²) < 4.78 is 34.7. The molecule has 0 amide bonds. The summed E-state index contributed by atoms with van der Waals surface area (Å²) in [6, 6.07) is 16.9. The third-order valence-electron chi connectivity index (χ3n) is 6.48. The molecule has 180 valence electrons. The molecule has 35 heavy (non-hydrogen) atoms. The molecule has 5 rings (SSSR count). The van der Waals surface area contributed by atoms with E-state index in [2.05, 4.69) is 38.1 Å². The fourth-order valence-corrected chi connectivity index (χ4v) is 6.36. The van der Waals surface area contributed by atoms with Gasteiger partial charge in [0.2, 0.25) is 0 Å². The maximum atomic E-state index is 13.1. The molecule has 1 heterocycles. The van der Waals surface area contributed by atoms with Gasteiger partial charge in [0.25, 0.3) is 10.0 Å². The summed E-state index contributed by atoms with van der Waals surface area (Å²) in [5.41, 5.74) is 2.87. The quantitative estimate of drug-likeness (QED) is 0.219. The van der Waals surface area contributed by atoms with Crippen LogP contribution >= 0.6 is 15.9 Å². The molecule has 1 aliphatic heterocycles. The van der Waals surface area contributed by atoms with Gasteiger partial charge in [-0.05, 0) is 65.9 Å². The number of nitro groups is 1. The van der Waals surface area contributed by atoms with E-state index >= 15 is 0 Å². The molecule has 3 aromatic rings. The monoisotopic (exact) mass is 555 g/mol. The Balaban J connectivity index is 1.49. The highest BCUT2D eigenvalue weighted by Gasteiger charge is 2.39. The molecule has 2 N–H and O–H groups in total. The number of anilines is 2. The van der Waals surface area contributed by atoms with Crippen LogP contribution in [-0.4, -0.2) is 20.5 Å². The molecule has 8 nitrogen and oxygen atoms in total. The van der Waals surface area contributed by atoms with Crippen molar-refractivity contribution in [2.45, 2.75) is 23.3 Å². The zero-order valence-corrected chi connectivity index (χ0v) is 21.0. The van der Waals surface area contributed by atoms with Gasteiger partial charge in [-0.3, -0.25) is 14.8 Å². The summed E-state index contributed by atoms with van der Waals surface area (Å²) in [7, 11) is -2.38. The Morgan fingerprint density at radius 3 is 2.71 bits per heavy atom. The van der Waals surface area contributed by atoms with Crippen LogP contribution in [0.2, 0.25) is 0 Å². The average Bonchev–Trinajstić information content (AvgIpc) is 3.33. The summed E-state index contributed by atoms with van der Waals surface area (Å²) in [5.74, 6) is 0.286. The number of allylic oxidation sites excluding steroid dienone is 2. The van der Waals surface area contributed by atoms with Crippen molar-refractivity contribution >= 4 is 43.0 Å². The van der Waals surface area contributed by atoms with Gasteiger partial charge in [0.05, 0.1) is 23.0 Å². The minimum atomic E-state index is -3.79. The second kappa shape index (κ2) is 9.01. The van der Waals surface area contributed by atoms with E-state index in [1.165, 1.54) is 7.11 Å². The van der Waals surface area contributed by atoms with Crippen molar-refractivity contribution in [3.8, 4) is 5.75 Å². The highest BCUT2D eigenvalue weighted by atomic mass is 79.9. The van der Waals surface area contributed by atoms with Gasteiger partial charge in [0.15, 0.2) is 5.75 Å². The van der Waals surface area contributed by atoms with Gasteiger partial charge >= 0.3 is 5.69 Å². The molecule has 0 fully saturated rings. The van der Waals surface area contributed by atoms with E-state index in [9.17, 15) is 18.5 Å². The molecule has 0 saturated heterocycles. The Morgan fingerprint density at radius 1 is 1.14 bits per heavy atom. The summed E-state index contributed by atoms with van der Waals surface area (Å²) in [4.78, 5) is 11.3. The lowest BCUT2D eigenvalue weighted by molar-refractivity contribution is -0.385. The normalized spacial score (nSPS) is 20.5. The molecule has 0 saturated carbocycles. The predicted octanol–water partition coefficient (Wildman–Crippen LogP) is 5.99. The number of benzene rings is 3. The first-order valence-electron chi connectivity index (χ1n) is 10.9. The number of fused-ring (bicyclic) bond motifs is 3. The van der Waals surface area contributed by atoms with E-state index in [1.807, 2.05) is 12.1 Å². The van der Waals surface area contributed by atoms with Crippen LogP contribution in [-0.2, 0) is 10.0 Å². The Bertz CT molecular complexity index is 1460. The number of hydrogen-bond acceptors (Lipinski definition) is 6. The van der Waals surface area contributed by atoms with Crippen molar-refractivity contribution in [3.63, 3.8) is 0 Å². The minimum absolute atomic E-state index is 0.0153. The number of rotatable bonds is 6. The van der Waals surface area contributed by atoms with Crippen molar-refractivity contribution in [3.05, 3.63) is 98.5 Å². The summed E-state index contributed by atoms with van der Waals surface area (Å²) in [5, 5.41) is 15.0. The summed E-state index contributed by atoms with van der Waals surface area (Å²) >= 11 is 3.36. The summed E-state index contributed by atoms with van der Waals surface area (Å²) in [6.45, 7) is 0. The highest BCUT2D eigenvalue weighted by Crippen LogP contribution is 2.51. The van der Waals surface area contributed by atoms with Crippen molar-refractivity contribution in [1.82, 2.24) is 0 Å². The number of nitrogens with one attached hydrogen (secondary N) is 2. The highest BCUT2D eigenvalue weighted by molar-refractivity contribution is 9.10. The van der Waals surface area contributed by atoms with Gasteiger partial charge in [0, 0.05) is 27.8 Å². The third-order valence-corrected chi connectivity index (χ3v) is 8.35. The second-order valence-corrected chi connectivity index (χ2v) is 11.1. The predicted molar refractivity (Wildman–Crippen MR) is 137 cm³/mol. The van der Waals surface area contributed by atoms with Crippen LogP contribution < -0.4 is 14.8 Å². The van der Waals surface area contributed by atoms with Gasteiger partial charge in [0.1, 0.15) is 0 Å². The fraction of sp³-hybridized carbons (Fsp3) is 0.200. The van der Waals surface area contributed by atoms with Crippen LogP contribution in [0.25, 0.3) is 0 Å². The number of nitro benzene ring substituents is 1. The molecular formula is C25H22BrN3O5S. The number of methoxy groups -OCH3 is 1. The molecule has 10 heteroatoms. The maximum Gasteiger partial charge on any atom is 0.311 e. The molecule has 3 aromatic carbocycles. The van der Waals surface area contributed by atoms with Gasteiger partial charge in [-0.2, -0.15) is 0 Å². The number of nitrogens with zero attached hydrogens (tertiary/aromatic N) is 1. The molecule has 2 aliphatic rings. The number of ether oxygens (including phenoxy) is 1. The fourth-order valence-electron chi connectivity index (χ4n) is 4.88. The Labute approximate surface area is 211 Å². The van der Waals surface area contributed by atoms with E-state index < -0.39 is 14.9 Å². The van der Waals surface area contributed by atoms with Gasteiger partial charge in [-0.25, -0.2) is 8.42 Å². The molecule has 0 spiro atoms. The van der Waals surface area contributed by atoms with Crippen molar-refractivity contribution in [2.75, 3.05) is 17.1 Å². The third kappa shape index (κ3) is 4.39. The molecule has 3 atom stereocenters. The van der Waals surface area contributed by atoms with Gasteiger partial charge < -0.3 is 10.1 Å². The molecule has 0 unspecified atom stereocenters. The average molecular weight is 556 g/mol. The van der Waals surface area contributed by atoms with Crippen molar-refractivity contribution in [1.29, 1.82) is 0 Å². The first kappa shape index (κ1) is 23.4. The first-order valence-corrected chi connectivity index (χ1v) is 13.2. The lowest BCUT2D eigenvalue weighted by Gasteiger charge is -2.37. The standard InChI is InChI=1S/C25H22BrN3O5S/c1-34-24-11-8-15(12-23(24)29(30)31)25-20-7-3-6-19(20)21-14-18(9-10-22(21)27-25)35(32,33)28-17-5-2-4-16(26)13-17/h2-6,8-14,19-20,25,27-28H,7H2,1H3/t19-,20+,25+/m0/s1. The van der Waals surface area contributed by atoms with Crippen LogP contribution in [0.15, 0.2) is 82.2 Å². The first-order chi connectivity index (χ1) is 16.8. The number of hydrogen-bond donors (Lipinski definition) is 2. The van der Waals surface area contributed by atoms with Gasteiger partial charge in [-0.15, -0.1) is 0 Å². The molecule has 0 aromatic heterocycles. The van der Waals surface area contributed by atoms with E-state index in [-0.39, 0.29) is 34.2 Å². The van der Waals surface area contributed by atoms with E-state index in [0.717, 1.165) is 27.7 Å². The van der Waals surface area contributed by atoms with Crippen molar-refractivity contribution < 1.29 is 18.1 Å². The van der Waals surface area contributed by atoms with E-state index in [4.69, 9.17) is 4.74 Å². The van der Waals surface area contributed by atoms with Crippen LogP contribution in [0.5, 0.6) is 5.75 Å². The van der Waals surface area contributed by atoms with Crippen LogP contribution in [0, 0.1) is 16.0 Å². The Morgan fingerprint density at radius 2 is 1.97 bits per heavy atom. The molecule has 0 bridgehead atoms. The SMILES string of the molecule is COc1ccc([C@H]2Nc3ccc(S(=O)(=O)Nc4cccc(Br)c4)cc3[C@H]3C=CC[C@H]32)cc1[N+](=O)[O-]. The lowest BCUT2D eigenvalue weighted by atomic mass is 9.77. The maximum absolute atomic E-state index is 13.1. The van der Waals surface area contributed by atoms with Gasteiger partial charge in [-0.1, -0.05) is 40.2 Å². The van der Waals surface area contributed by atoms with Crippen LogP contribution in [0.1, 0.15) is 29.5 Å². The number of sulfonamides is 1. The largest absolute Gasteiger partial charge is 0.490 e. The minimum Gasteiger partial charge on any atom is -0.490 e. The van der Waals surface area contributed by atoms with E-state index in [1.54, 1.807) is 48.5 Å².